The Kier molecular flexibility index (Phi) is 13.7. The number of carbonyl (C=O) groups is 5. The molecule has 1 aliphatic carbocycles. The van der Waals surface area contributed by atoms with E-state index >= 15 is 0 Å². The molecule has 4 atom stereocenters. The summed E-state index contributed by atoms with van der Waals surface area (Å²) < 4.78 is 62.8. The van der Waals surface area contributed by atoms with Crippen LogP contribution in [-0.2, 0) is 42.9 Å². The van der Waals surface area contributed by atoms with Crippen LogP contribution in [0.5, 0.6) is 0 Å². The highest BCUT2D eigenvalue weighted by Crippen LogP contribution is 2.31. The summed E-state index contributed by atoms with van der Waals surface area (Å²) in [6, 6.07) is 5.10. The molecule has 16 heteroatoms. The van der Waals surface area contributed by atoms with E-state index in [2.05, 4.69) is 15.4 Å². The molecule has 48 heavy (non-hydrogen) atoms. The zero-order valence-electron chi connectivity index (χ0n) is 26.7. The quantitative estimate of drug-likeness (QED) is 0.149. The highest BCUT2D eigenvalue weighted by Gasteiger charge is 2.42. The predicted octanol–water partition coefficient (Wildman–Crippen LogP) is 2.51. The van der Waals surface area contributed by atoms with Crippen molar-refractivity contribution in [1.82, 2.24) is 10.6 Å². The van der Waals surface area contributed by atoms with Crippen molar-refractivity contribution < 1.29 is 65.9 Å². The van der Waals surface area contributed by atoms with Crippen LogP contribution in [0.3, 0.4) is 0 Å². The number of esters is 3. The molecule has 3 rings (SSSR count). The minimum absolute atomic E-state index is 0.000621. The first kappa shape index (κ1) is 38.2. The van der Waals surface area contributed by atoms with Gasteiger partial charge in [-0.3, -0.25) is 14.4 Å². The number of aliphatic hydroxyl groups is 1. The molecule has 13 nitrogen and oxygen atoms in total. The van der Waals surface area contributed by atoms with Crippen LogP contribution in [0.4, 0.5) is 13.2 Å². The van der Waals surface area contributed by atoms with Gasteiger partial charge in [0.2, 0.25) is 11.8 Å². The molecule has 1 aromatic rings. The largest absolute Gasteiger partial charge is 0.460 e. The number of aliphatic hydroxyl groups excluding tert-OH is 1. The fraction of sp³-hybridized carbons (Fsp3) is 0.531. The third-order valence-corrected chi connectivity index (χ3v) is 6.80. The summed E-state index contributed by atoms with van der Waals surface area (Å²) >= 11 is 0. The van der Waals surface area contributed by atoms with Crippen LogP contribution in [0.2, 0.25) is 0 Å². The van der Waals surface area contributed by atoms with Crippen molar-refractivity contribution in [2.75, 3.05) is 26.6 Å². The third-order valence-electron chi connectivity index (χ3n) is 6.80. The van der Waals surface area contributed by atoms with E-state index in [9.17, 15) is 42.3 Å². The van der Waals surface area contributed by atoms with Crippen molar-refractivity contribution in [3.05, 3.63) is 53.1 Å². The molecule has 0 aromatic heterocycles. The number of rotatable bonds is 14. The van der Waals surface area contributed by atoms with Gasteiger partial charge in [-0.05, 0) is 57.0 Å². The number of nitrogens with one attached hydrogen (secondary N) is 2. The van der Waals surface area contributed by atoms with Gasteiger partial charge >= 0.3 is 24.1 Å². The summed E-state index contributed by atoms with van der Waals surface area (Å²) in [5.74, 6) is -3.43. The Hall–Kier alpha value is -4.28. The maximum Gasteiger partial charge on any atom is 0.422 e. The van der Waals surface area contributed by atoms with Crippen molar-refractivity contribution in [3.8, 4) is 0 Å². The first-order chi connectivity index (χ1) is 22.5. The third kappa shape index (κ3) is 13.1. The monoisotopic (exact) mass is 684 g/mol. The molecule has 2 aliphatic rings. The van der Waals surface area contributed by atoms with Crippen molar-refractivity contribution in [2.45, 2.75) is 82.6 Å². The molecule has 1 saturated heterocycles. The molecule has 0 radical (unpaired) electrons. The molecule has 0 unspecified atom stereocenters. The van der Waals surface area contributed by atoms with Crippen molar-refractivity contribution in [2.24, 2.45) is 0 Å². The molecule has 1 aliphatic heterocycles. The van der Waals surface area contributed by atoms with Gasteiger partial charge in [-0.15, -0.1) is 0 Å². The van der Waals surface area contributed by atoms with Gasteiger partial charge in [-0.1, -0.05) is 12.1 Å². The first-order valence-corrected chi connectivity index (χ1v) is 15.1. The Morgan fingerprint density at radius 3 is 2.54 bits per heavy atom. The standard InChI is InChI=1S/C32H39F3N2O11/c1-31(2,3)48-27(41)10-8-22(16-38)37-25(39)11-12-36-29(42)21-14-23-28(46-18-45-23)24(15-21)47-30(43)20-6-4-5-19(13-20)7-9-26(40)44-17-32(33,34)35/h4-7,9,13-14,22-24,28,38H,8,10-12,15-18H2,1-3H3,(H,36,42)(H,37,39)/t22-,23+,24+,28+/m0/s1. The minimum atomic E-state index is -4.66. The summed E-state index contributed by atoms with van der Waals surface area (Å²) in [5, 5.41) is 14.8. The normalized spacial score (nSPS) is 19.9. The lowest BCUT2D eigenvalue weighted by molar-refractivity contribution is -0.182. The zero-order valence-corrected chi connectivity index (χ0v) is 26.7. The van der Waals surface area contributed by atoms with Gasteiger partial charge < -0.3 is 39.4 Å². The Balaban J connectivity index is 1.51. The van der Waals surface area contributed by atoms with Crippen LogP contribution in [-0.4, -0.2) is 97.5 Å². The Morgan fingerprint density at radius 1 is 1.10 bits per heavy atom. The van der Waals surface area contributed by atoms with E-state index in [4.69, 9.17) is 18.9 Å². The molecule has 0 bridgehead atoms. The average molecular weight is 685 g/mol. The van der Waals surface area contributed by atoms with Crippen molar-refractivity contribution in [3.63, 3.8) is 0 Å². The summed E-state index contributed by atoms with van der Waals surface area (Å²) in [4.78, 5) is 61.9. The van der Waals surface area contributed by atoms with Crippen LogP contribution in [0, 0.1) is 0 Å². The van der Waals surface area contributed by atoms with Gasteiger partial charge in [-0.2, -0.15) is 13.2 Å². The lowest BCUT2D eigenvalue weighted by Gasteiger charge is -2.30. The zero-order chi connectivity index (χ0) is 35.5. The molecular formula is C32H39F3N2O11. The number of benzene rings is 1. The lowest BCUT2D eigenvalue weighted by Crippen LogP contribution is -2.44. The SMILES string of the molecule is CC(C)(C)OC(=O)CC[C@@H](CO)NC(=O)CCNC(=O)C1=C[C@H]2OCO[C@H]2[C@H](OC(=O)c2cccc(C=CC(=O)OCC(F)(F)F)c2)C1. The summed E-state index contributed by atoms with van der Waals surface area (Å²) in [7, 11) is 0. The Bertz CT molecular complexity index is 1390. The van der Waals surface area contributed by atoms with E-state index in [0.717, 1.165) is 6.08 Å². The Morgan fingerprint density at radius 2 is 1.85 bits per heavy atom. The number of amides is 2. The molecule has 3 N–H and O–H groups in total. The van der Waals surface area contributed by atoms with E-state index in [1.807, 2.05) is 0 Å². The first-order valence-electron chi connectivity index (χ1n) is 15.1. The smallest absolute Gasteiger partial charge is 0.422 e. The van der Waals surface area contributed by atoms with E-state index in [0.29, 0.717) is 5.56 Å². The maximum atomic E-state index is 13.0. The van der Waals surface area contributed by atoms with Crippen LogP contribution in [0.1, 0.15) is 62.4 Å². The van der Waals surface area contributed by atoms with Crippen molar-refractivity contribution >= 4 is 35.8 Å². The summed E-state index contributed by atoms with van der Waals surface area (Å²) in [6.45, 7) is 2.93. The number of alkyl halides is 3. The molecule has 0 spiro atoms. The molecule has 264 valence electrons. The second kappa shape index (κ2) is 17.2. The van der Waals surface area contributed by atoms with E-state index in [1.54, 1.807) is 26.8 Å². The van der Waals surface area contributed by atoms with E-state index in [-0.39, 0.29) is 56.8 Å². The van der Waals surface area contributed by atoms with Crippen LogP contribution in [0.25, 0.3) is 6.08 Å². The van der Waals surface area contributed by atoms with Gasteiger partial charge in [-0.25, -0.2) is 9.59 Å². The topological polar surface area (TPSA) is 176 Å². The van der Waals surface area contributed by atoms with E-state index in [1.165, 1.54) is 30.3 Å². The molecule has 0 saturated carbocycles. The van der Waals surface area contributed by atoms with Crippen LogP contribution >= 0.6 is 0 Å². The van der Waals surface area contributed by atoms with Crippen molar-refractivity contribution in [1.29, 1.82) is 0 Å². The highest BCUT2D eigenvalue weighted by atomic mass is 19.4. The fourth-order valence-electron chi connectivity index (χ4n) is 4.66. The lowest BCUT2D eigenvalue weighted by atomic mass is 9.91. The maximum absolute atomic E-state index is 13.0. The molecule has 2 amide bonds. The number of ether oxygens (including phenoxy) is 5. The van der Waals surface area contributed by atoms with Crippen LogP contribution in [0.15, 0.2) is 42.0 Å². The number of hydrogen-bond donors (Lipinski definition) is 3. The number of fused-ring (bicyclic) bond motifs is 1. The predicted molar refractivity (Wildman–Crippen MR) is 161 cm³/mol. The highest BCUT2D eigenvalue weighted by molar-refractivity contribution is 5.95. The molecule has 1 heterocycles. The van der Waals surface area contributed by atoms with Gasteiger partial charge in [0.25, 0.3) is 0 Å². The fourth-order valence-corrected chi connectivity index (χ4v) is 4.66. The summed E-state index contributed by atoms with van der Waals surface area (Å²) in [5.41, 5.74) is -0.0406. The molecule has 1 aromatic carbocycles. The second-order valence-corrected chi connectivity index (χ2v) is 12.0. The van der Waals surface area contributed by atoms with Gasteiger partial charge in [0.1, 0.15) is 30.7 Å². The van der Waals surface area contributed by atoms with E-state index < -0.39 is 72.5 Å². The average Bonchev–Trinajstić information content (AvgIpc) is 3.49. The number of hydrogen-bond acceptors (Lipinski definition) is 11. The number of carbonyl (C=O) groups excluding carboxylic acids is 5. The Labute approximate surface area is 274 Å². The summed E-state index contributed by atoms with van der Waals surface area (Å²) in [6.07, 6.45) is -3.42. The molecular weight excluding hydrogens is 645 g/mol. The number of halogens is 3. The second-order valence-electron chi connectivity index (χ2n) is 12.0. The van der Waals surface area contributed by atoms with Gasteiger partial charge in [0.15, 0.2) is 6.61 Å². The molecule has 1 fully saturated rings. The van der Waals surface area contributed by atoms with Gasteiger partial charge in [0, 0.05) is 37.5 Å². The van der Waals surface area contributed by atoms with Gasteiger partial charge in [0.05, 0.1) is 18.2 Å². The van der Waals surface area contributed by atoms with Crippen LogP contribution < -0.4 is 10.6 Å². The minimum Gasteiger partial charge on any atom is -0.460 e.